The van der Waals surface area contributed by atoms with Gasteiger partial charge in [0, 0.05) is 25.0 Å². The summed E-state index contributed by atoms with van der Waals surface area (Å²) in [7, 11) is 1.00. The molecule has 0 aliphatic carbocycles. The first-order valence-electron chi connectivity index (χ1n) is 14.3. The van der Waals surface area contributed by atoms with Gasteiger partial charge in [0.1, 0.15) is 0 Å². The molecule has 3 aromatic rings. The van der Waals surface area contributed by atoms with Crippen LogP contribution in [0.15, 0.2) is 66.7 Å². The Bertz CT molecular complexity index is 1200. The Hall–Kier alpha value is -2.48. The number of hydrogen-bond donors (Lipinski definition) is 2. The zero-order valence-corrected chi connectivity index (χ0v) is 26.2. The fraction of sp³-hybridized carbons (Fsp3) is 0.471. The van der Waals surface area contributed by atoms with E-state index < -0.39 is 11.2 Å². The van der Waals surface area contributed by atoms with Crippen molar-refractivity contribution >= 4 is 11.6 Å². The Morgan fingerprint density at radius 3 is 2.32 bits per heavy atom. The van der Waals surface area contributed by atoms with Crippen molar-refractivity contribution in [2.45, 2.75) is 90.8 Å². The van der Waals surface area contributed by atoms with Gasteiger partial charge in [0.2, 0.25) is 0 Å². The molecule has 3 aromatic carbocycles. The van der Waals surface area contributed by atoms with Crippen molar-refractivity contribution in [2.75, 3.05) is 13.7 Å². The van der Waals surface area contributed by atoms with Gasteiger partial charge in [-0.1, -0.05) is 74.0 Å². The summed E-state index contributed by atoms with van der Waals surface area (Å²) in [4.78, 5) is 0. The first-order valence-corrected chi connectivity index (χ1v) is 14.7. The number of halogens is 2. The van der Waals surface area contributed by atoms with E-state index >= 15 is 0 Å². The largest absolute Gasteiger partial charge is 0.491 e. The summed E-state index contributed by atoms with van der Waals surface area (Å²) in [6, 6.07) is 20.9. The van der Waals surface area contributed by atoms with Crippen LogP contribution in [0.2, 0.25) is 5.02 Å². The lowest BCUT2D eigenvalue weighted by atomic mass is 9.78. The summed E-state index contributed by atoms with van der Waals surface area (Å²) in [6.07, 6.45) is 1.30. The zero-order chi connectivity index (χ0) is 30.6. The Morgan fingerprint density at radius 1 is 1.02 bits per heavy atom. The van der Waals surface area contributed by atoms with Crippen LogP contribution in [-0.4, -0.2) is 41.2 Å². The summed E-state index contributed by atoms with van der Waals surface area (Å²) in [6.45, 7) is 12.2. The Kier molecular flexibility index (Phi) is 13.7. The standard InChI is InChI=1S/C31H36ClFO4.C2H6.CH4O/c1-5-35-28-14-11-22(16-27(28)33)15-24-17-23(12-13-26(24)32)29-18-25(19-31(4,37-29)30(2,3)34)36-20-21-9-7-6-8-10-21;2*1-2/h6-14,16-17,25,29,34H,5,15,18-20H2,1-4H3;1-2H3;2H,1H3/t25?,29-,31+;;/m1../s1. The van der Waals surface area contributed by atoms with Gasteiger partial charge in [0.15, 0.2) is 11.6 Å². The molecule has 0 bridgehead atoms. The molecule has 0 spiro atoms. The van der Waals surface area contributed by atoms with Crippen molar-refractivity contribution in [3.63, 3.8) is 0 Å². The number of ether oxygens (including phenoxy) is 3. The molecule has 0 radical (unpaired) electrons. The van der Waals surface area contributed by atoms with Crippen LogP contribution in [0.25, 0.3) is 0 Å². The Balaban J connectivity index is 0.00000141. The van der Waals surface area contributed by atoms with E-state index in [-0.39, 0.29) is 23.8 Å². The molecule has 4 rings (SSSR count). The van der Waals surface area contributed by atoms with Crippen molar-refractivity contribution in [2.24, 2.45) is 0 Å². The molecule has 1 unspecified atom stereocenters. The third-order valence-electron chi connectivity index (χ3n) is 7.25. The average molecular weight is 589 g/mol. The Morgan fingerprint density at radius 2 is 1.71 bits per heavy atom. The molecule has 1 heterocycles. The summed E-state index contributed by atoms with van der Waals surface area (Å²) in [5.74, 6) is -0.143. The molecule has 1 aliphatic heterocycles. The maximum atomic E-state index is 14.4. The SMILES string of the molecule is CC.CCOc1ccc(Cc2cc([C@H]3CC(OCc4ccccc4)C[C@@](C)(C(C)(C)O)O3)ccc2Cl)cc1F.CO. The Labute approximate surface area is 250 Å². The fourth-order valence-electron chi connectivity index (χ4n) is 4.76. The van der Waals surface area contributed by atoms with Gasteiger partial charge in [-0.15, -0.1) is 0 Å². The van der Waals surface area contributed by atoms with E-state index in [1.165, 1.54) is 6.07 Å². The summed E-state index contributed by atoms with van der Waals surface area (Å²) in [5.41, 5.74) is 1.85. The predicted octanol–water partition coefficient (Wildman–Crippen LogP) is 8.07. The van der Waals surface area contributed by atoms with Gasteiger partial charge in [-0.2, -0.15) is 0 Å². The maximum Gasteiger partial charge on any atom is 0.165 e. The number of hydrogen-bond acceptors (Lipinski definition) is 5. The van der Waals surface area contributed by atoms with Crippen LogP contribution in [-0.2, 0) is 22.5 Å². The number of benzene rings is 3. The van der Waals surface area contributed by atoms with E-state index in [1.54, 1.807) is 19.9 Å². The van der Waals surface area contributed by atoms with Gasteiger partial charge in [0.05, 0.1) is 36.6 Å². The molecule has 0 amide bonds. The molecular weight excluding hydrogens is 543 g/mol. The minimum Gasteiger partial charge on any atom is -0.491 e. The van der Waals surface area contributed by atoms with Gasteiger partial charge < -0.3 is 24.4 Å². The molecule has 0 aromatic heterocycles. The van der Waals surface area contributed by atoms with Crippen LogP contribution in [0.5, 0.6) is 5.75 Å². The first kappa shape index (κ1) is 34.7. The van der Waals surface area contributed by atoms with Gasteiger partial charge >= 0.3 is 0 Å². The van der Waals surface area contributed by atoms with E-state index in [0.29, 0.717) is 37.5 Å². The van der Waals surface area contributed by atoms with Crippen molar-refractivity contribution in [3.05, 3.63) is 99.8 Å². The first-order chi connectivity index (χ1) is 19.6. The monoisotopic (exact) mass is 588 g/mol. The van der Waals surface area contributed by atoms with Crippen LogP contribution in [0.4, 0.5) is 4.39 Å². The second kappa shape index (κ2) is 16.2. The molecule has 0 saturated carbocycles. The summed E-state index contributed by atoms with van der Waals surface area (Å²) >= 11 is 6.56. The number of rotatable bonds is 9. The molecule has 3 atom stereocenters. The van der Waals surface area contributed by atoms with Gasteiger partial charge in [-0.3, -0.25) is 0 Å². The second-order valence-corrected chi connectivity index (χ2v) is 10.9. The van der Waals surface area contributed by atoms with Crippen LogP contribution in [0.3, 0.4) is 0 Å². The highest BCUT2D eigenvalue weighted by Gasteiger charge is 2.48. The van der Waals surface area contributed by atoms with Gasteiger partial charge in [0.25, 0.3) is 0 Å². The molecule has 1 fully saturated rings. The van der Waals surface area contributed by atoms with E-state index in [2.05, 4.69) is 0 Å². The predicted molar refractivity (Wildman–Crippen MR) is 164 cm³/mol. The van der Waals surface area contributed by atoms with Crippen LogP contribution in [0, 0.1) is 5.82 Å². The summed E-state index contributed by atoms with van der Waals surface area (Å²) < 4.78 is 32.6. The quantitative estimate of drug-likeness (QED) is 0.264. The topological polar surface area (TPSA) is 68.2 Å². The molecular formula is C34H46ClFO5. The highest BCUT2D eigenvalue weighted by Crippen LogP contribution is 2.44. The minimum absolute atomic E-state index is 0.102. The molecule has 1 aliphatic rings. The normalized spacial score (nSPS) is 20.3. The van der Waals surface area contributed by atoms with Crippen LogP contribution in [0.1, 0.15) is 82.7 Å². The van der Waals surface area contributed by atoms with Gasteiger partial charge in [-0.05, 0) is 74.6 Å². The van der Waals surface area contributed by atoms with Gasteiger partial charge in [-0.25, -0.2) is 4.39 Å². The maximum absolute atomic E-state index is 14.4. The van der Waals surface area contributed by atoms with E-state index in [1.807, 2.05) is 82.3 Å². The molecule has 5 nitrogen and oxygen atoms in total. The van der Waals surface area contributed by atoms with Crippen LogP contribution >= 0.6 is 11.6 Å². The lowest BCUT2D eigenvalue weighted by Crippen LogP contribution is -2.55. The third kappa shape index (κ3) is 9.52. The second-order valence-electron chi connectivity index (χ2n) is 10.5. The lowest BCUT2D eigenvalue weighted by Gasteiger charge is -2.48. The minimum atomic E-state index is -1.07. The number of aliphatic hydroxyl groups excluding tert-OH is 1. The fourth-order valence-corrected chi connectivity index (χ4v) is 4.94. The van der Waals surface area contributed by atoms with Crippen molar-refractivity contribution in [1.82, 2.24) is 0 Å². The molecule has 41 heavy (non-hydrogen) atoms. The van der Waals surface area contributed by atoms with Crippen molar-refractivity contribution in [3.8, 4) is 5.75 Å². The van der Waals surface area contributed by atoms with E-state index in [9.17, 15) is 9.50 Å². The summed E-state index contributed by atoms with van der Waals surface area (Å²) in [5, 5.41) is 18.6. The van der Waals surface area contributed by atoms with E-state index in [4.69, 9.17) is 30.9 Å². The molecule has 7 heteroatoms. The lowest BCUT2D eigenvalue weighted by molar-refractivity contribution is -0.236. The van der Waals surface area contributed by atoms with Crippen molar-refractivity contribution in [1.29, 1.82) is 0 Å². The smallest absolute Gasteiger partial charge is 0.165 e. The third-order valence-corrected chi connectivity index (χ3v) is 7.62. The van der Waals surface area contributed by atoms with Crippen molar-refractivity contribution < 1.29 is 28.8 Å². The average Bonchev–Trinajstić information content (AvgIpc) is 2.96. The highest BCUT2D eigenvalue weighted by atomic mass is 35.5. The highest BCUT2D eigenvalue weighted by molar-refractivity contribution is 6.31. The molecule has 226 valence electrons. The van der Waals surface area contributed by atoms with E-state index in [0.717, 1.165) is 29.4 Å². The molecule has 2 N–H and O–H groups in total. The number of aliphatic hydroxyl groups is 2. The van der Waals surface area contributed by atoms with Crippen LogP contribution < -0.4 is 4.74 Å². The zero-order valence-electron chi connectivity index (χ0n) is 25.4. The molecule has 1 saturated heterocycles.